The highest BCUT2D eigenvalue weighted by Gasteiger charge is 2.05. The average Bonchev–Trinajstić information content (AvgIpc) is 2.67. The molecule has 0 amide bonds. The van der Waals surface area contributed by atoms with Crippen LogP contribution in [0.5, 0.6) is 0 Å². The minimum Gasteiger partial charge on any atom is -0.468 e. The second-order valence-corrected chi connectivity index (χ2v) is 4.53. The highest BCUT2D eigenvalue weighted by atomic mass is 35.5. The number of esters is 1. The van der Waals surface area contributed by atoms with Crippen LogP contribution in [0.2, 0.25) is 5.02 Å². The summed E-state index contributed by atoms with van der Waals surface area (Å²) < 4.78 is 5.54. The number of thiazole rings is 1. The lowest BCUT2D eigenvalue weighted by atomic mass is 10.3. The molecular formula is C10H9ClN2O2S. The Hall–Kier alpha value is -1.33. The van der Waals surface area contributed by atoms with Crippen LogP contribution in [0.15, 0.2) is 18.2 Å². The predicted octanol–water partition coefficient (Wildman–Crippen LogP) is 2.53. The van der Waals surface area contributed by atoms with Gasteiger partial charge in [0.15, 0.2) is 5.13 Å². The summed E-state index contributed by atoms with van der Waals surface area (Å²) in [6.07, 6.45) is 0. The second-order valence-electron chi connectivity index (χ2n) is 3.06. The number of nitrogens with zero attached hydrogens (tertiary/aromatic N) is 1. The summed E-state index contributed by atoms with van der Waals surface area (Å²) >= 11 is 7.32. The van der Waals surface area contributed by atoms with Crippen molar-refractivity contribution >= 4 is 44.3 Å². The summed E-state index contributed by atoms with van der Waals surface area (Å²) in [6, 6.07) is 5.50. The number of nitrogens with one attached hydrogen (secondary N) is 1. The molecule has 2 aromatic rings. The molecule has 16 heavy (non-hydrogen) atoms. The monoisotopic (exact) mass is 256 g/mol. The molecule has 84 valence electrons. The minimum absolute atomic E-state index is 0.115. The molecule has 0 saturated heterocycles. The Balaban J connectivity index is 2.16. The zero-order chi connectivity index (χ0) is 11.5. The number of methoxy groups -OCH3 is 1. The molecule has 0 aliphatic heterocycles. The summed E-state index contributed by atoms with van der Waals surface area (Å²) in [5, 5.41) is 4.23. The van der Waals surface area contributed by atoms with Gasteiger partial charge in [0.05, 0.1) is 17.3 Å². The molecule has 0 aliphatic rings. The molecule has 0 fully saturated rings. The lowest BCUT2D eigenvalue weighted by molar-refractivity contribution is -0.138. The van der Waals surface area contributed by atoms with Crippen LogP contribution in [0.1, 0.15) is 0 Å². The summed E-state index contributed by atoms with van der Waals surface area (Å²) in [5.74, 6) is -0.322. The maximum atomic E-state index is 10.9. The Labute approximate surface area is 101 Å². The summed E-state index contributed by atoms with van der Waals surface area (Å²) in [4.78, 5) is 15.2. The Bertz CT molecular complexity index is 527. The molecule has 0 atom stereocenters. The third kappa shape index (κ3) is 2.43. The molecule has 6 heteroatoms. The van der Waals surface area contributed by atoms with Gasteiger partial charge in [0.25, 0.3) is 0 Å². The first-order valence-electron chi connectivity index (χ1n) is 4.56. The zero-order valence-electron chi connectivity index (χ0n) is 8.49. The largest absolute Gasteiger partial charge is 0.468 e. The van der Waals surface area contributed by atoms with Crippen LogP contribution in [0, 0.1) is 0 Å². The number of anilines is 1. The molecule has 1 N–H and O–H groups in total. The third-order valence-corrected chi connectivity index (χ3v) is 3.19. The predicted molar refractivity (Wildman–Crippen MR) is 65.1 cm³/mol. The molecule has 0 spiro atoms. The quantitative estimate of drug-likeness (QED) is 0.858. The number of benzene rings is 1. The van der Waals surface area contributed by atoms with Crippen molar-refractivity contribution in [3.8, 4) is 0 Å². The Morgan fingerprint density at radius 1 is 1.62 bits per heavy atom. The first-order valence-corrected chi connectivity index (χ1v) is 5.75. The number of fused-ring (bicyclic) bond motifs is 1. The van der Waals surface area contributed by atoms with Gasteiger partial charge >= 0.3 is 5.97 Å². The number of hydrogen-bond donors (Lipinski definition) is 1. The van der Waals surface area contributed by atoms with Crippen molar-refractivity contribution in [2.24, 2.45) is 0 Å². The molecule has 0 unspecified atom stereocenters. The fraction of sp³-hybridized carbons (Fsp3) is 0.200. The number of ether oxygens (including phenoxy) is 1. The Morgan fingerprint density at radius 3 is 3.19 bits per heavy atom. The Morgan fingerprint density at radius 2 is 2.44 bits per heavy atom. The molecule has 0 aliphatic carbocycles. The SMILES string of the molecule is COC(=O)CNc1nc2cc(Cl)ccc2s1. The Kier molecular flexibility index (Phi) is 3.26. The van der Waals surface area contributed by atoms with Gasteiger partial charge < -0.3 is 10.1 Å². The van der Waals surface area contributed by atoms with Crippen LogP contribution in [0.25, 0.3) is 10.2 Å². The van der Waals surface area contributed by atoms with E-state index in [9.17, 15) is 4.79 Å². The van der Waals surface area contributed by atoms with Gasteiger partial charge in [0, 0.05) is 5.02 Å². The van der Waals surface area contributed by atoms with E-state index in [1.807, 2.05) is 12.1 Å². The van der Waals surface area contributed by atoms with Gasteiger partial charge in [0.1, 0.15) is 6.54 Å². The van der Waals surface area contributed by atoms with E-state index in [1.165, 1.54) is 18.4 Å². The van der Waals surface area contributed by atoms with Crippen molar-refractivity contribution in [3.05, 3.63) is 23.2 Å². The lowest BCUT2D eigenvalue weighted by Gasteiger charge is -1.98. The van der Waals surface area contributed by atoms with E-state index in [2.05, 4.69) is 15.0 Å². The smallest absolute Gasteiger partial charge is 0.325 e. The van der Waals surface area contributed by atoms with E-state index in [0.717, 1.165) is 10.2 Å². The molecule has 0 saturated carbocycles. The van der Waals surface area contributed by atoms with Gasteiger partial charge in [-0.05, 0) is 18.2 Å². The van der Waals surface area contributed by atoms with E-state index in [-0.39, 0.29) is 12.5 Å². The maximum Gasteiger partial charge on any atom is 0.325 e. The number of hydrogen-bond acceptors (Lipinski definition) is 5. The van der Waals surface area contributed by atoms with Gasteiger partial charge in [-0.2, -0.15) is 0 Å². The van der Waals surface area contributed by atoms with E-state index in [0.29, 0.717) is 10.2 Å². The highest BCUT2D eigenvalue weighted by molar-refractivity contribution is 7.22. The number of aromatic nitrogens is 1. The molecule has 0 bridgehead atoms. The number of rotatable bonds is 3. The fourth-order valence-electron chi connectivity index (χ4n) is 1.20. The van der Waals surface area contributed by atoms with E-state index in [4.69, 9.17) is 11.6 Å². The third-order valence-electron chi connectivity index (χ3n) is 1.96. The lowest BCUT2D eigenvalue weighted by Crippen LogP contribution is -2.14. The molecule has 1 heterocycles. The van der Waals surface area contributed by atoms with Crippen molar-refractivity contribution in [2.75, 3.05) is 19.0 Å². The van der Waals surface area contributed by atoms with Crippen LogP contribution in [-0.4, -0.2) is 24.6 Å². The van der Waals surface area contributed by atoms with Crippen LogP contribution < -0.4 is 5.32 Å². The first kappa shape index (κ1) is 11.2. The molecular weight excluding hydrogens is 248 g/mol. The van der Waals surface area contributed by atoms with Crippen molar-refractivity contribution in [2.45, 2.75) is 0 Å². The van der Waals surface area contributed by atoms with Gasteiger partial charge in [-0.15, -0.1) is 0 Å². The molecule has 4 nitrogen and oxygen atoms in total. The number of carbonyl (C=O) groups excluding carboxylic acids is 1. The average molecular weight is 257 g/mol. The van der Waals surface area contributed by atoms with Crippen LogP contribution in [-0.2, 0) is 9.53 Å². The molecule has 1 aromatic carbocycles. The molecule has 2 rings (SSSR count). The van der Waals surface area contributed by atoms with Gasteiger partial charge in [-0.1, -0.05) is 22.9 Å². The highest BCUT2D eigenvalue weighted by Crippen LogP contribution is 2.27. The fourth-order valence-corrected chi connectivity index (χ4v) is 2.20. The minimum atomic E-state index is -0.322. The van der Waals surface area contributed by atoms with E-state index >= 15 is 0 Å². The molecule has 1 aromatic heterocycles. The van der Waals surface area contributed by atoms with E-state index < -0.39 is 0 Å². The van der Waals surface area contributed by atoms with Crippen LogP contribution in [0.3, 0.4) is 0 Å². The second kappa shape index (κ2) is 4.67. The summed E-state index contributed by atoms with van der Waals surface area (Å²) in [7, 11) is 1.35. The summed E-state index contributed by atoms with van der Waals surface area (Å²) in [5.41, 5.74) is 0.824. The van der Waals surface area contributed by atoms with Crippen molar-refractivity contribution in [1.82, 2.24) is 4.98 Å². The zero-order valence-corrected chi connectivity index (χ0v) is 10.1. The first-order chi connectivity index (χ1) is 7.69. The van der Waals surface area contributed by atoms with E-state index in [1.54, 1.807) is 6.07 Å². The van der Waals surface area contributed by atoms with Crippen molar-refractivity contribution in [1.29, 1.82) is 0 Å². The van der Waals surface area contributed by atoms with Gasteiger partial charge in [-0.25, -0.2) is 4.98 Å². The van der Waals surface area contributed by atoms with Crippen molar-refractivity contribution < 1.29 is 9.53 Å². The standard InChI is InChI=1S/C10H9ClN2O2S/c1-15-9(14)5-12-10-13-7-4-6(11)2-3-8(7)16-10/h2-4H,5H2,1H3,(H,12,13). The van der Waals surface area contributed by atoms with Crippen molar-refractivity contribution in [3.63, 3.8) is 0 Å². The number of halogens is 1. The molecule has 0 radical (unpaired) electrons. The van der Waals surface area contributed by atoms with Crippen LogP contribution in [0.4, 0.5) is 5.13 Å². The van der Waals surface area contributed by atoms with Crippen LogP contribution >= 0.6 is 22.9 Å². The summed E-state index contributed by atoms with van der Waals surface area (Å²) in [6.45, 7) is 0.115. The number of carbonyl (C=O) groups is 1. The van der Waals surface area contributed by atoms with Gasteiger partial charge in [0.2, 0.25) is 0 Å². The topological polar surface area (TPSA) is 51.2 Å². The maximum absolute atomic E-state index is 10.9. The van der Waals surface area contributed by atoms with Gasteiger partial charge in [-0.3, -0.25) is 4.79 Å². The normalized spacial score (nSPS) is 10.4.